The Hall–Kier alpha value is -4.13. The summed E-state index contributed by atoms with van der Waals surface area (Å²) in [6, 6.07) is 24.2. The molecule has 3 aromatic carbocycles. The molecule has 7 nitrogen and oxygen atoms in total. The summed E-state index contributed by atoms with van der Waals surface area (Å²) < 4.78 is 16.1. The molecule has 1 aromatic heterocycles. The van der Waals surface area contributed by atoms with Crippen LogP contribution < -0.4 is 14.8 Å². The Labute approximate surface area is 179 Å². The summed E-state index contributed by atoms with van der Waals surface area (Å²) >= 11 is 0. The topological polar surface area (TPSA) is 86.5 Å². The van der Waals surface area contributed by atoms with Gasteiger partial charge in [-0.25, -0.2) is 0 Å². The lowest BCUT2D eigenvalue weighted by atomic mass is 9.98. The number of hydrogen-bond donors (Lipinski definition) is 1. The van der Waals surface area contributed by atoms with Crippen LogP contribution in [-0.4, -0.2) is 29.8 Å². The van der Waals surface area contributed by atoms with Crippen molar-refractivity contribution in [2.24, 2.45) is 0 Å². The number of amides is 1. The van der Waals surface area contributed by atoms with Crippen LogP contribution in [0.25, 0.3) is 11.5 Å². The number of nitrogens with one attached hydrogen (secondary N) is 1. The Morgan fingerprint density at radius 1 is 0.935 bits per heavy atom. The summed E-state index contributed by atoms with van der Waals surface area (Å²) in [5, 5.41) is 10.6. The number of nitrogens with zero attached hydrogens (tertiary/aromatic N) is 2. The summed E-state index contributed by atoms with van der Waals surface area (Å²) in [6.07, 6.45) is 1.27. The van der Waals surface area contributed by atoms with Crippen LogP contribution >= 0.6 is 0 Å². The van der Waals surface area contributed by atoms with Crippen molar-refractivity contribution in [1.29, 1.82) is 0 Å². The Balaban J connectivity index is 1.42. The van der Waals surface area contributed by atoms with Gasteiger partial charge in [-0.2, -0.15) is 0 Å². The zero-order chi connectivity index (χ0) is 21.5. The van der Waals surface area contributed by atoms with E-state index in [2.05, 4.69) is 15.5 Å². The van der Waals surface area contributed by atoms with Crippen molar-refractivity contribution < 1.29 is 18.7 Å². The smallest absolute Gasteiger partial charge is 0.258 e. The van der Waals surface area contributed by atoms with Gasteiger partial charge in [0.05, 0.1) is 13.2 Å². The van der Waals surface area contributed by atoms with Gasteiger partial charge in [-0.05, 0) is 47.5 Å². The van der Waals surface area contributed by atoms with Gasteiger partial charge in [0.2, 0.25) is 12.3 Å². The van der Waals surface area contributed by atoms with Gasteiger partial charge >= 0.3 is 0 Å². The van der Waals surface area contributed by atoms with Crippen LogP contribution in [0.4, 0.5) is 0 Å². The monoisotopic (exact) mass is 415 g/mol. The molecule has 0 aliphatic carbocycles. The van der Waals surface area contributed by atoms with E-state index in [-0.39, 0.29) is 18.6 Å². The second-order valence-electron chi connectivity index (χ2n) is 6.74. The Morgan fingerprint density at radius 3 is 2.26 bits per heavy atom. The molecular weight excluding hydrogens is 394 g/mol. The van der Waals surface area contributed by atoms with Crippen molar-refractivity contribution in [2.45, 2.75) is 6.04 Å². The summed E-state index contributed by atoms with van der Waals surface area (Å²) in [5.41, 5.74) is 2.70. The number of methoxy groups -OCH3 is 1. The SMILES string of the molecule is COc1ccc(C(NC(=O)COc2ccc(-c3nnco3)cc2)c2ccccc2)cc1. The Bertz CT molecular complexity index is 1100. The first kappa shape index (κ1) is 20.2. The minimum Gasteiger partial charge on any atom is -0.497 e. The maximum absolute atomic E-state index is 12.7. The van der Waals surface area contributed by atoms with E-state index in [1.807, 2.05) is 54.6 Å². The van der Waals surface area contributed by atoms with Crippen molar-refractivity contribution >= 4 is 5.91 Å². The molecule has 0 bridgehead atoms. The molecule has 1 N–H and O–H groups in total. The first-order chi connectivity index (χ1) is 15.2. The molecule has 1 amide bonds. The second kappa shape index (κ2) is 9.58. The predicted octanol–water partition coefficient (Wildman–Crippen LogP) is 4.03. The molecule has 4 aromatic rings. The van der Waals surface area contributed by atoms with Gasteiger partial charge in [-0.1, -0.05) is 42.5 Å². The lowest BCUT2D eigenvalue weighted by Gasteiger charge is -2.20. The molecule has 1 heterocycles. The quantitative estimate of drug-likeness (QED) is 0.468. The molecule has 0 spiro atoms. The number of rotatable bonds is 8. The number of ether oxygens (including phenoxy) is 2. The summed E-state index contributed by atoms with van der Waals surface area (Å²) in [5.74, 6) is 1.52. The fourth-order valence-corrected chi connectivity index (χ4v) is 3.15. The fraction of sp³-hybridized carbons (Fsp3) is 0.125. The molecule has 7 heteroatoms. The minimum atomic E-state index is -0.303. The van der Waals surface area contributed by atoms with E-state index in [0.29, 0.717) is 11.6 Å². The van der Waals surface area contributed by atoms with Crippen LogP contribution in [0.15, 0.2) is 89.7 Å². The van der Waals surface area contributed by atoms with Crippen LogP contribution in [0, 0.1) is 0 Å². The van der Waals surface area contributed by atoms with Crippen LogP contribution in [0.2, 0.25) is 0 Å². The molecule has 4 rings (SSSR count). The van der Waals surface area contributed by atoms with Crippen LogP contribution in [0.1, 0.15) is 17.2 Å². The zero-order valence-electron chi connectivity index (χ0n) is 16.9. The van der Waals surface area contributed by atoms with Gasteiger partial charge < -0.3 is 19.2 Å². The van der Waals surface area contributed by atoms with E-state index < -0.39 is 0 Å². The molecule has 0 saturated heterocycles. The third-order valence-corrected chi connectivity index (χ3v) is 4.72. The molecule has 0 aliphatic rings. The molecule has 1 atom stereocenters. The van der Waals surface area contributed by atoms with E-state index in [1.54, 1.807) is 31.4 Å². The van der Waals surface area contributed by atoms with Gasteiger partial charge in [0.25, 0.3) is 5.91 Å². The standard InChI is InChI=1S/C24H21N3O4/c1-29-20-11-7-18(8-12-20)23(17-5-3-2-4-6-17)26-22(28)15-30-21-13-9-19(10-14-21)24-27-25-16-31-24/h2-14,16,23H,15H2,1H3,(H,26,28). The van der Waals surface area contributed by atoms with E-state index in [9.17, 15) is 4.79 Å². The first-order valence-electron chi connectivity index (χ1n) is 9.70. The summed E-state index contributed by atoms with van der Waals surface area (Å²) in [7, 11) is 1.62. The van der Waals surface area contributed by atoms with Crippen molar-refractivity contribution in [2.75, 3.05) is 13.7 Å². The first-order valence-corrected chi connectivity index (χ1v) is 9.70. The average molecular weight is 415 g/mol. The largest absolute Gasteiger partial charge is 0.497 e. The molecule has 0 radical (unpaired) electrons. The fourth-order valence-electron chi connectivity index (χ4n) is 3.15. The zero-order valence-corrected chi connectivity index (χ0v) is 16.9. The molecule has 156 valence electrons. The molecule has 0 aliphatic heterocycles. The third kappa shape index (κ3) is 5.08. The number of hydrogen-bond acceptors (Lipinski definition) is 6. The van der Waals surface area contributed by atoms with E-state index in [0.717, 1.165) is 22.4 Å². The normalized spacial score (nSPS) is 11.5. The number of benzene rings is 3. The number of aromatic nitrogens is 2. The Morgan fingerprint density at radius 2 is 1.61 bits per heavy atom. The van der Waals surface area contributed by atoms with Gasteiger partial charge in [-0.3, -0.25) is 4.79 Å². The van der Waals surface area contributed by atoms with Crippen molar-refractivity contribution in [1.82, 2.24) is 15.5 Å². The van der Waals surface area contributed by atoms with Crippen LogP contribution in [0.5, 0.6) is 11.5 Å². The highest BCUT2D eigenvalue weighted by Crippen LogP contribution is 2.24. The van der Waals surface area contributed by atoms with Gasteiger partial charge in [0.1, 0.15) is 11.5 Å². The lowest BCUT2D eigenvalue weighted by molar-refractivity contribution is -0.123. The second-order valence-corrected chi connectivity index (χ2v) is 6.74. The number of carbonyl (C=O) groups excluding carboxylic acids is 1. The molecule has 0 saturated carbocycles. The van der Waals surface area contributed by atoms with Crippen molar-refractivity contribution in [3.05, 3.63) is 96.4 Å². The van der Waals surface area contributed by atoms with Crippen LogP contribution in [0.3, 0.4) is 0 Å². The average Bonchev–Trinajstić information content (AvgIpc) is 3.37. The van der Waals surface area contributed by atoms with Gasteiger partial charge in [0, 0.05) is 5.56 Å². The molecule has 0 fully saturated rings. The Kier molecular flexibility index (Phi) is 6.23. The highest BCUT2D eigenvalue weighted by atomic mass is 16.5. The van der Waals surface area contributed by atoms with Crippen LogP contribution in [-0.2, 0) is 4.79 Å². The maximum atomic E-state index is 12.7. The van der Waals surface area contributed by atoms with E-state index in [4.69, 9.17) is 13.9 Å². The van der Waals surface area contributed by atoms with Crippen molar-refractivity contribution in [3.63, 3.8) is 0 Å². The minimum absolute atomic E-state index is 0.112. The molecular formula is C24H21N3O4. The molecule has 1 unspecified atom stereocenters. The van der Waals surface area contributed by atoms with Crippen molar-refractivity contribution in [3.8, 4) is 23.0 Å². The third-order valence-electron chi connectivity index (χ3n) is 4.72. The highest BCUT2D eigenvalue weighted by Gasteiger charge is 2.17. The molecule has 31 heavy (non-hydrogen) atoms. The van der Waals surface area contributed by atoms with Gasteiger partial charge in [-0.15, -0.1) is 10.2 Å². The van der Waals surface area contributed by atoms with E-state index >= 15 is 0 Å². The maximum Gasteiger partial charge on any atom is 0.258 e. The predicted molar refractivity (Wildman–Crippen MR) is 115 cm³/mol. The van der Waals surface area contributed by atoms with Gasteiger partial charge in [0.15, 0.2) is 6.61 Å². The van der Waals surface area contributed by atoms with E-state index in [1.165, 1.54) is 6.39 Å². The number of carbonyl (C=O) groups is 1. The summed E-state index contributed by atoms with van der Waals surface area (Å²) in [6.45, 7) is -0.112. The highest BCUT2D eigenvalue weighted by molar-refractivity contribution is 5.78. The lowest BCUT2D eigenvalue weighted by Crippen LogP contribution is -2.33. The summed E-state index contributed by atoms with van der Waals surface area (Å²) in [4.78, 5) is 12.7.